The molecule has 1 aliphatic rings. The number of hydrogen-bond acceptors (Lipinski definition) is 4. The third-order valence-corrected chi connectivity index (χ3v) is 4.00. The zero-order chi connectivity index (χ0) is 17.2. The monoisotopic (exact) mass is 328 g/mol. The molecule has 6 heteroatoms. The largest absolute Gasteiger partial charge is 0.459 e. The van der Waals surface area contributed by atoms with Crippen LogP contribution in [-0.4, -0.2) is 42.0 Å². The van der Waals surface area contributed by atoms with E-state index in [2.05, 4.69) is 5.32 Å². The molecule has 0 radical (unpaired) electrons. The molecule has 0 saturated carbocycles. The van der Waals surface area contributed by atoms with Gasteiger partial charge in [0.25, 0.3) is 11.8 Å². The van der Waals surface area contributed by atoms with Crippen LogP contribution in [0, 0.1) is 0 Å². The highest BCUT2D eigenvalue weighted by Crippen LogP contribution is 2.23. The fourth-order valence-corrected chi connectivity index (χ4v) is 2.72. The van der Waals surface area contributed by atoms with Gasteiger partial charge in [0.2, 0.25) is 0 Å². The number of morpholine rings is 1. The standard InChI is InChI=1S/C18H20N2O4/c1-18(2)12-23-10-8-20(18)17(22)13-5-3-6-14(11-13)19-16(21)15-7-4-9-24-15/h3-7,9,11H,8,10,12H2,1-2H3,(H,19,21). The van der Waals surface area contributed by atoms with Gasteiger partial charge in [-0.05, 0) is 44.2 Å². The molecule has 2 amide bonds. The van der Waals surface area contributed by atoms with Gasteiger partial charge < -0.3 is 19.4 Å². The third kappa shape index (κ3) is 3.33. The van der Waals surface area contributed by atoms with E-state index < -0.39 is 0 Å². The summed E-state index contributed by atoms with van der Waals surface area (Å²) in [6.07, 6.45) is 1.44. The summed E-state index contributed by atoms with van der Waals surface area (Å²) >= 11 is 0. The average molecular weight is 328 g/mol. The van der Waals surface area contributed by atoms with Gasteiger partial charge in [0, 0.05) is 17.8 Å². The number of ether oxygens (including phenoxy) is 1. The highest BCUT2D eigenvalue weighted by Gasteiger charge is 2.34. The Bertz CT molecular complexity index is 737. The normalized spacial score (nSPS) is 16.7. The van der Waals surface area contributed by atoms with Crippen LogP contribution in [0.3, 0.4) is 0 Å². The van der Waals surface area contributed by atoms with E-state index in [0.717, 1.165) is 0 Å². The van der Waals surface area contributed by atoms with Crippen molar-refractivity contribution in [1.29, 1.82) is 0 Å². The van der Waals surface area contributed by atoms with Crippen LogP contribution >= 0.6 is 0 Å². The Hall–Kier alpha value is -2.60. The van der Waals surface area contributed by atoms with Crippen LogP contribution in [0.25, 0.3) is 0 Å². The lowest BCUT2D eigenvalue weighted by Crippen LogP contribution is -2.55. The lowest BCUT2D eigenvalue weighted by molar-refractivity contribution is -0.0370. The Morgan fingerprint density at radius 1 is 1.21 bits per heavy atom. The van der Waals surface area contributed by atoms with Crippen molar-refractivity contribution in [1.82, 2.24) is 4.90 Å². The molecule has 0 spiro atoms. The number of carbonyl (C=O) groups is 2. The molecule has 2 heterocycles. The van der Waals surface area contributed by atoms with Gasteiger partial charge in [0.1, 0.15) is 0 Å². The minimum Gasteiger partial charge on any atom is -0.459 e. The van der Waals surface area contributed by atoms with E-state index in [0.29, 0.717) is 31.0 Å². The molecule has 1 aliphatic heterocycles. The summed E-state index contributed by atoms with van der Waals surface area (Å²) in [5.74, 6) is -0.199. The predicted molar refractivity (Wildman–Crippen MR) is 89.0 cm³/mol. The van der Waals surface area contributed by atoms with Gasteiger partial charge in [0.15, 0.2) is 5.76 Å². The first-order valence-electron chi connectivity index (χ1n) is 7.82. The second-order valence-corrected chi connectivity index (χ2v) is 6.33. The van der Waals surface area contributed by atoms with E-state index in [1.165, 1.54) is 6.26 Å². The molecular formula is C18H20N2O4. The highest BCUT2D eigenvalue weighted by atomic mass is 16.5. The van der Waals surface area contributed by atoms with Crippen molar-refractivity contribution >= 4 is 17.5 Å². The maximum absolute atomic E-state index is 12.8. The van der Waals surface area contributed by atoms with E-state index in [1.54, 1.807) is 36.4 Å². The number of hydrogen-bond donors (Lipinski definition) is 1. The fraction of sp³-hybridized carbons (Fsp3) is 0.333. The van der Waals surface area contributed by atoms with Crippen molar-refractivity contribution < 1.29 is 18.7 Å². The van der Waals surface area contributed by atoms with Gasteiger partial charge in [0.05, 0.1) is 25.0 Å². The first kappa shape index (κ1) is 16.3. The second-order valence-electron chi connectivity index (χ2n) is 6.33. The molecule has 0 atom stereocenters. The van der Waals surface area contributed by atoms with Gasteiger partial charge in [-0.2, -0.15) is 0 Å². The minimum atomic E-state index is -0.358. The number of amides is 2. The highest BCUT2D eigenvalue weighted by molar-refractivity contribution is 6.03. The lowest BCUT2D eigenvalue weighted by Gasteiger charge is -2.42. The smallest absolute Gasteiger partial charge is 0.291 e. The Morgan fingerprint density at radius 3 is 2.75 bits per heavy atom. The summed E-state index contributed by atoms with van der Waals surface area (Å²) in [6, 6.07) is 10.1. The Kier molecular flexibility index (Phi) is 4.40. The van der Waals surface area contributed by atoms with Crippen molar-refractivity contribution in [2.75, 3.05) is 25.1 Å². The molecule has 1 aromatic heterocycles. The number of nitrogens with one attached hydrogen (secondary N) is 1. The number of anilines is 1. The number of carbonyl (C=O) groups excluding carboxylic acids is 2. The molecule has 1 saturated heterocycles. The lowest BCUT2D eigenvalue weighted by atomic mass is 10.0. The minimum absolute atomic E-state index is 0.0719. The molecule has 0 bridgehead atoms. The Labute approximate surface area is 140 Å². The van der Waals surface area contributed by atoms with Crippen molar-refractivity contribution in [2.45, 2.75) is 19.4 Å². The van der Waals surface area contributed by atoms with E-state index in [9.17, 15) is 9.59 Å². The summed E-state index contributed by atoms with van der Waals surface area (Å²) in [4.78, 5) is 26.7. The summed E-state index contributed by atoms with van der Waals surface area (Å²) in [6.45, 7) is 5.55. The first-order valence-corrected chi connectivity index (χ1v) is 7.82. The molecule has 126 valence electrons. The summed E-state index contributed by atoms with van der Waals surface area (Å²) < 4.78 is 10.5. The fourth-order valence-electron chi connectivity index (χ4n) is 2.72. The number of benzene rings is 1. The van der Waals surface area contributed by atoms with Crippen molar-refractivity contribution in [3.63, 3.8) is 0 Å². The van der Waals surface area contributed by atoms with Crippen molar-refractivity contribution in [3.8, 4) is 0 Å². The van der Waals surface area contributed by atoms with Crippen molar-refractivity contribution in [2.24, 2.45) is 0 Å². The molecule has 2 aromatic rings. The zero-order valence-corrected chi connectivity index (χ0v) is 13.7. The molecule has 0 aliphatic carbocycles. The maximum atomic E-state index is 12.8. The van der Waals surface area contributed by atoms with Crippen LogP contribution in [0.15, 0.2) is 47.1 Å². The Balaban J connectivity index is 1.77. The summed E-state index contributed by atoms with van der Waals surface area (Å²) in [7, 11) is 0. The number of nitrogens with zero attached hydrogens (tertiary/aromatic N) is 1. The van der Waals surface area contributed by atoms with Gasteiger partial charge in [-0.15, -0.1) is 0 Å². The van der Waals surface area contributed by atoms with Crippen LogP contribution in [-0.2, 0) is 4.74 Å². The van der Waals surface area contributed by atoms with Crippen LogP contribution < -0.4 is 5.32 Å². The molecule has 1 aromatic carbocycles. The van der Waals surface area contributed by atoms with E-state index in [1.807, 2.05) is 18.7 Å². The quantitative estimate of drug-likeness (QED) is 0.940. The van der Waals surface area contributed by atoms with Crippen LogP contribution in [0.4, 0.5) is 5.69 Å². The van der Waals surface area contributed by atoms with Crippen LogP contribution in [0.2, 0.25) is 0 Å². The topological polar surface area (TPSA) is 71.8 Å². The molecule has 0 unspecified atom stereocenters. The van der Waals surface area contributed by atoms with Gasteiger partial charge in [-0.3, -0.25) is 9.59 Å². The molecule has 24 heavy (non-hydrogen) atoms. The molecule has 3 rings (SSSR count). The van der Waals surface area contributed by atoms with Crippen LogP contribution in [0.5, 0.6) is 0 Å². The van der Waals surface area contributed by atoms with Gasteiger partial charge in [-0.25, -0.2) is 0 Å². The third-order valence-electron chi connectivity index (χ3n) is 4.00. The van der Waals surface area contributed by atoms with Crippen LogP contribution in [0.1, 0.15) is 34.8 Å². The van der Waals surface area contributed by atoms with E-state index >= 15 is 0 Å². The van der Waals surface area contributed by atoms with E-state index in [4.69, 9.17) is 9.15 Å². The molecule has 6 nitrogen and oxygen atoms in total. The van der Waals surface area contributed by atoms with Gasteiger partial charge in [-0.1, -0.05) is 6.07 Å². The second kappa shape index (κ2) is 6.49. The Morgan fingerprint density at radius 2 is 2.04 bits per heavy atom. The average Bonchev–Trinajstić information content (AvgIpc) is 3.09. The SMILES string of the molecule is CC1(C)COCCN1C(=O)c1cccc(NC(=O)c2ccco2)c1. The summed E-state index contributed by atoms with van der Waals surface area (Å²) in [5.41, 5.74) is 0.721. The predicted octanol–water partition coefficient (Wildman–Crippen LogP) is 2.78. The number of rotatable bonds is 3. The van der Waals surface area contributed by atoms with Crippen molar-refractivity contribution in [3.05, 3.63) is 54.0 Å². The number of furan rings is 1. The molecular weight excluding hydrogens is 308 g/mol. The first-order chi connectivity index (χ1) is 11.5. The zero-order valence-electron chi connectivity index (χ0n) is 13.7. The van der Waals surface area contributed by atoms with Gasteiger partial charge >= 0.3 is 0 Å². The maximum Gasteiger partial charge on any atom is 0.291 e. The summed E-state index contributed by atoms with van der Waals surface area (Å²) in [5, 5.41) is 2.74. The molecule has 1 N–H and O–H groups in total. The van der Waals surface area contributed by atoms with E-state index in [-0.39, 0.29) is 23.1 Å². The molecule has 1 fully saturated rings.